The molecule has 114 valence electrons. The number of benzene rings is 1. The molecule has 0 unspecified atom stereocenters. The molecule has 0 amide bonds. The molecule has 0 radical (unpaired) electrons. The summed E-state index contributed by atoms with van der Waals surface area (Å²) in [7, 11) is 0. The summed E-state index contributed by atoms with van der Waals surface area (Å²) in [4.78, 5) is 23.3. The highest BCUT2D eigenvalue weighted by Crippen LogP contribution is 2.37. The van der Waals surface area contributed by atoms with Crippen LogP contribution < -0.4 is 9.47 Å². The van der Waals surface area contributed by atoms with Gasteiger partial charge in [0.2, 0.25) is 0 Å². The Labute approximate surface area is 131 Å². The van der Waals surface area contributed by atoms with Gasteiger partial charge in [0.1, 0.15) is 13.2 Å². The van der Waals surface area contributed by atoms with Crippen LogP contribution in [-0.2, 0) is 4.79 Å². The highest BCUT2D eigenvalue weighted by molar-refractivity contribution is 9.10. The van der Waals surface area contributed by atoms with E-state index in [9.17, 15) is 9.59 Å². The predicted molar refractivity (Wildman–Crippen MR) is 80.1 cm³/mol. The largest absolute Gasteiger partial charge is 0.486 e. The fourth-order valence-electron chi connectivity index (χ4n) is 2.28. The lowest BCUT2D eigenvalue weighted by atomic mass is 9.82. The molecule has 21 heavy (non-hydrogen) atoms. The summed E-state index contributed by atoms with van der Waals surface area (Å²) in [6, 6.07) is 3.36. The Balaban J connectivity index is 2.21. The topological polar surface area (TPSA) is 72.8 Å². The molecule has 0 atom stereocenters. The molecule has 0 saturated heterocycles. The first-order valence-corrected chi connectivity index (χ1v) is 7.42. The summed E-state index contributed by atoms with van der Waals surface area (Å²) in [5.74, 6) is 0.123. The van der Waals surface area contributed by atoms with Crippen molar-refractivity contribution in [2.45, 2.75) is 26.7 Å². The number of halogens is 1. The van der Waals surface area contributed by atoms with E-state index < -0.39 is 11.4 Å². The van der Waals surface area contributed by atoms with Crippen LogP contribution in [0.1, 0.15) is 37.0 Å². The van der Waals surface area contributed by atoms with Crippen molar-refractivity contribution in [2.24, 2.45) is 5.41 Å². The first kappa shape index (κ1) is 15.8. The number of ether oxygens (including phenoxy) is 2. The molecule has 5 nitrogen and oxygen atoms in total. The zero-order valence-electron chi connectivity index (χ0n) is 11.9. The summed E-state index contributed by atoms with van der Waals surface area (Å²) >= 11 is 3.36. The van der Waals surface area contributed by atoms with Crippen molar-refractivity contribution in [1.82, 2.24) is 0 Å². The van der Waals surface area contributed by atoms with Gasteiger partial charge in [-0.25, -0.2) is 0 Å². The van der Waals surface area contributed by atoms with Gasteiger partial charge in [-0.2, -0.15) is 0 Å². The minimum Gasteiger partial charge on any atom is -0.486 e. The van der Waals surface area contributed by atoms with Gasteiger partial charge in [-0.3, -0.25) is 9.59 Å². The van der Waals surface area contributed by atoms with Crippen molar-refractivity contribution in [3.8, 4) is 11.5 Å². The maximum Gasteiger partial charge on any atom is 0.303 e. The summed E-state index contributed by atoms with van der Waals surface area (Å²) in [6.45, 7) is 4.47. The molecule has 6 heteroatoms. The van der Waals surface area contributed by atoms with Crippen LogP contribution in [0, 0.1) is 5.41 Å². The van der Waals surface area contributed by atoms with E-state index in [4.69, 9.17) is 14.6 Å². The minimum atomic E-state index is -0.908. The molecule has 1 aliphatic rings. The van der Waals surface area contributed by atoms with Crippen LogP contribution >= 0.6 is 15.9 Å². The van der Waals surface area contributed by atoms with Crippen LogP contribution in [0.3, 0.4) is 0 Å². The van der Waals surface area contributed by atoms with E-state index in [1.807, 2.05) is 0 Å². The Bertz CT molecular complexity index is 580. The number of Topliss-reactive ketones (excluding diaryl/α,β-unsaturated/α-hetero) is 1. The summed E-state index contributed by atoms with van der Waals surface area (Å²) < 4.78 is 11.5. The number of carbonyl (C=O) groups excluding carboxylic acids is 1. The molecule has 2 rings (SSSR count). The van der Waals surface area contributed by atoms with E-state index in [2.05, 4.69) is 15.9 Å². The van der Waals surface area contributed by atoms with Crippen LogP contribution in [-0.4, -0.2) is 30.1 Å². The third kappa shape index (κ3) is 3.97. The number of carboxylic acid groups (broad SMARTS) is 1. The summed E-state index contributed by atoms with van der Waals surface area (Å²) in [6.07, 6.45) is 0.0957. The molecule has 0 aromatic heterocycles. The van der Waals surface area contributed by atoms with Crippen molar-refractivity contribution in [3.63, 3.8) is 0 Å². The zero-order valence-corrected chi connectivity index (χ0v) is 13.5. The monoisotopic (exact) mass is 356 g/mol. The Morgan fingerprint density at radius 2 is 1.76 bits per heavy atom. The third-order valence-corrected chi connectivity index (χ3v) is 3.86. The van der Waals surface area contributed by atoms with Gasteiger partial charge in [-0.1, -0.05) is 13.8 Å². The number of carbonyl (C=O) groups is 2. The molecular formula is C15H17BrO5. The zero-order chi connectivity index (χ0) is 15.6. The molecule has 0 spiro atoms. The van der Waals surface area contributed by atoms with Gasteiger partial charge < -0.3 is 14.6 Å². The molecule has 0 saturated carbocycles. The maximum atomic E-state index is 12.4. The lowest BCUT2D eigenvalue weighted by Gasteiger charge is -2.23. The van der Waals surface area contributed by atoms with E-state index in [0.29, 0.717) is 34.7 Å². The van der Waals surface area contributed by atoms with Crippen LogP contribution in [0.5, 0.6) is 11.5 Å². The number of hydrogen-bond acceptors (Lipinski definition) is 4. The van der Waals surface area contributed by atoms with E-state index in [0.717, 1.165) is 0 Å². The third-order valence-electron chi connectivity index (χ3n) is 3.20. The van der Waals surface area contributed by atoms with Gasteiger partial charge >= 0.3 is 5.97 Å². The first-order valence-electron chi connectivity index (χ1n) is 6.63. The normalized spacial score (nSPS) is 13.9. The Morgan fingerprint density at radius 3 is 2.33 bits per heavy atom. The fraction of sp³-hybridized carbons (Fsp3) is 0.467. The van der Waals surface area contributed by atoms with Crippen molar-refractivity contribution < 1.29 is 24.2 Å². The number of aliphatic carboxylic acids is 1. The second-order valence-electron chi connectivity index (χ2n) is 5.81. The van der Waals surface area contributed by atoms with Gasteiger partial charge in [-0.15, -0.1) is 0 Å². The second kappa shape index (κ2) is 6.05. The quantitative estimate of drug-likeness (QED) is 0.819. The van der Waals surface area contributed by atoms with Gasteiger partial charge in [-0.05, 0) is 33.5 Å². The standard InChI is InChI=1S/C15H17BrO5/c1-15(2,8-14(18)19)7-11(17)9-5-12-13(6-10(9)16)21-4-3-20-12/h5-6H,3-4,7-8H2,1-2H3,(H,18,19). The Hall–Kier alpha value is -1.56. The molecule has 1 aromatic rings. The SMILES string of the molecule is CC(C)(CC(=O)O)CC(=O)c1cc2c(cc1Br)OCCO2. The van der Waals surface area contributed by atoms with Gasteiger partial charge in [0, 0.05) is 16.5 Å². The van der Waals surface area contributed by atoms with Crippen molar-refractivity contribution in [2.75, 3.05) is 13.2 Å². The van der Waals surface area contributed by atoms with Crippen LogP contribution in [0.2, 0.25) is 0 Å². The molecule has 0 aliphatic carbocycles. The molecular weight excluding hydrogens is 340 g/mol. The van der Waals surface area contributed by atoms with E-state index in [-0.39, 0.29) is 18.6 Å². The highest BCUT2D eigenvalue weighted by atomic mass is 79.9. The van der Waals surface area contributed by atoms with E-state index in [1.54, 1.807) is 26.0 Å². The Kier molecular flexibility index (Phi) is 4.56. The van der Waals surface area contributed by atoms with Crippen LogP contribution in [0.4, 0.5) is 0 Å². The molecule has 0 fully saturated rings. The number of hydrogen-bond donors (Lipinski definition) is 1. The number of rotatable bonds is 5. The van der Waals surface area contributed by atoms with Crippen molar-refractivity contribution in [3.05, 3.63) is 22.2 Å². The summed E-state index contributed by atoms with van der Waals surface area (Å²) in [5, 5.41) is 8.89. The van der Waals surface area contributed by atoms with Gasteiger partial charge in [0.05, 0.1) is 6.42 Å². The average Bonchev–Trinajstić information content (AvgIpc) is 2.35. The van der Waals surface area contributed by atoms with Crippen molar-refractivity contribution in [1.29, 1.82) is 0 Å². The number of ketones is 1. The predicted octanol–water partition coefficient (Wildman–Crippen LogP) is 3.29. The summed E-state index contributed by atoms with van der Waals surface area (Å²) in [5.41, 5.74) is -0.118. The van der Waals surface area contributed by atoms with Gasteiger partial charge in [0.15, 0.2) is 17.3 Å². The van der Waals surface area contributed by atoms with Crippen molar-refractivity contribution >= 4 is 27.7 Å². The second-order valence-corrected chi connectivity index (χ2v) is 6.66. The van der Waals surface area contributed by atoms with Crippen LogP contribution in [0.25, 0.3) is 0 Å². The van der Waals surface area contributed by atoms with E-state index >= 15 is 0 Å². The highest BCUT2D eigenvalue weighted by Gasteiger charge is 2.27. The Morgan fingerprint density at radius 1 is 1.19 bits per heavy atom. The smallest absolute Gasteiger partial charge is 0.303 e. The minimum absolute atomic E-state index is 0.0547. The van der Waals surface area contributed by atoms with E-state index in [1.165, 1.54) is 0 Å². The lowest BCUT2D eigenvalue weighted by molar-refractivity contribution is -0.139. The average molecular weight is 357 g/mol. The first-order chi connectivity index (χ1) is 9.78. The van der Waals surface area contributed by atoms with Crippen LogP contribution in [0.15, 0.2) is 16.6 Å². The lowest BCUT2D eigenvalue weighted by Crippen LogP contribution is -2.22. The van der Waals surface area contributed by atoms with Gasteiger partial charge in [0.25, 0.3) is 0 Å². The number of carboxylic acids is 1. The molecule has 1 heterocycles. The molecule has 0 bridgehead atoms. The molecule has 1 aliphatic heterocycles. The number of fused-ring (bicyclic) bond motifs is 1. The maximum absolute atomic E-state index is 12.4. The fourth-order valence-corrected chi connectivity index (χ4v) is 2.82. The molecule has 1 aromatic carbocycles. The molecule has 1 N–H and O–H groups in total.